The largest absolute Gasteiger partial charge is 0.348 e. The molecule has 0 saturated heterocycles. The molecule has 1 aliphatic carbocycles. The maximum atomic E-state index is 12.3. The number of thiazole rings is 1. The van der Waals surface area contributed by atoms with Crippen molar-refractivity contribution in [2.24, 2.45) is 5.92 Å². The van der Waals surface area contributed by atoms with Crippen LogP contribution in [0, 0.1) is 5.92 Å². The van der Waals surface area contributed by atoms with Crippen molar-refractivity contribution in [3.63, 3.8) is 0 Å². The van der Waals surface area contributed by atoms with Crippen LogP contribution in [0.3, 0.4) is 0 Å². The van der Waals surface area contributed by atoms with Crippen LogP contribution in [-0.4, -0.2) is 23.3 Å². The van der Waals surface area contributed by atoms with Gasteiger partial charge in [0.05, 0.1) is 6.54 Å². The van der Waals surface area contributed by atoms with Crippen molar-refractivity contribution >= 4 is 23.7 Å². The Hall–Kier alpha value is -1.95. The molecule has 2 rings (SSSR count). The van der Waals surface area contributed by atoms with E-state index >= 15 is 0 Å². The minimum Gasteiger partial charge on any atom is -0.348 e. The first-order valence-corrected chi connectivity index (χ1v) is 7.82. The van der Waals surface area contributed by atoms with Gasteiger partial charge in [-0.05, 0) is 18.4 Å². The highest BCUT2D eigenvalue weighted by Gasteiger charge is 2.26. The molecule has 0 radical (unpaired) electrons. The maximum Gasteiger partial charge on any atom is 0.243 e. The third kappa shape index (κ3) is 4.26. The first-order chi connectivity index (χ1) is 10.2. The van der Waals surface area contributed by atoms with E-state index in [1.807, 2.05) is 18.4 Å². The van der Waals surface area contributed by atoms with Crippen molar-refractivity contribution in [1.29, 1.82) is 0 Å². The number of carbonyl (C=O) groups excluding carboxylic acids is 2. The minimum absolute atomic E-state index is 0.0666. The van der Waals surface area contributed by atoms with E-state index in [2.05, 4.69) is 27.8 Å². The Morgan fingerprint density at radius 1 is 1.52 bits per heavy atom. The summed E-state index contributed by atoms with van der Waals surface area (Å²) in [5.41, 5.74) is 1.09. The van der Waals surface area contributed by atoms with Crippen molar-refractivity contribution in [3.05, 3.63) is 40.4 Å². The molecule has 2 amide bonds. The normalized spacial score (nSPS) is 16.7. The van der Waals surface area contributed by atoms with E-state index < -0.39 is 6.04 Å². The Kier molecular flexibility index (Phi) is 5.68. The zero-order valence-corrected chi connectivity index (χ0v) is 12.7. The fourth-order valence-corrected chi connectivity index (χ4v) is 2.85. The van der Waals surface area contributed by atoms with Gasteiger partial charge in [-0.2, -0.15) is 0 Å². The van der Waals surface area contributed by atoms with Crippen LogP contribution in [0.2, 0.25) is 0 Å². The second-order valence-corrected chi connectivity index (χ2v) is 5.86. The van der Waals surface area contributed by atoms with Gasteiger partial charge in [0.2, 0.25) is 12.3 Å². The van der Waals surface area contributed by atoms with Gasteiger partial charge in [-0.3, -0.25) is 9.59 Å². The minimum atomic E-state index is -0.573. The molecule has 0 aromatic carbocycles. The van der Waals surface area contributed by atoms with Crippen molar-refractivity contribution in [2.45, 2.75) is 32.4 Å². The molecule has 0 fully saturated rings. The predicted molar refractivity (Wildman–Crippen MR) is 82.6 cm³/mol. The molecule has 0 spiro atoms. The van der Waals surface area contributed by atoms with Gasteiger partial charge in [0.1, 0.15) is 11.0 Å². The van der Waals surface area contributed by atoms with E-state index in [0.717, 1.165) is 23.4 Å². The Labute approximate surface area is 128 Å². The maximum absolute atomic E-state index is 12.3. The molecule has 1 unspecified atom stereocenters. The number of amides is 2. The molecule has 1 heterocycles. The molecule has 1 aliphatic rings. The lowest BCUT2D eigenvalue weighted by atomic mass is 9.89. The average molecular weight is 305 g/mol. The summed E-state index contributed by atoms with van der Waals surface area (Å²) in [5.74, 6) is -0.257. The summed E-state index contributed by atoms with van der Waals surface area (Å²) in [6, 6.07) is -0.573. The molecule has 1 aromatic heterocycles. The van der Waals surface area contributed by atoms with Crippen LogP contribution >= 0.6 is 11.3 Å². The Morgan fingerprint density at radius 2 is 2.38 bits per heavy atom. The van der Waals surface area contributed by atoms with Gasteiger partial charge in [0.25, 0.3) is 0 Å². The van der Waals surface area contributed by atoms with E-state index in [1.165, 1.54) is 11.3 Å². The Morgan fingerprint density at radius 3 is 3.00 bits per heavy atom. The second-order valence-electron chi connectivity index (χ2n) is 4.88. The monoisotopic (exact) mass is 305 g/mol. The molecule has 21 heavy (non-hydrogen) atoms. The van der Waals surface area contributed by atoms with Crippen LogP contribution in [0.15, 0.2) is 35.4 Å². The highest BCUT2D eigenvalue weighted by Crippen LogP contribution is 2.21. The lowest BCUT2D eigenvalue weighted by Gasteiger charge is -2.24. The van der Waals surface area contributed by atoms with E-state index in [9.17, 15) is 9.59 Å². The van der Waals surface area contributed by atoms with E-state index in [1.54, 1.807) is 6.20 Å². The fraction of sp³-hybridized carbons (Fsp3) is 0.400. The number of rotatable bonds is 7. The average Bonchev–Trinajstić information content (AvgIpc) is 3.04. The van der Waals surface area contributed by atoms with Crippen molar-refractivity contribution in [1.82, 2.24) is 15.6 Å². The number of aromatic nitrogens is 1. The zero-order valence-electron chi connectivity index (χ0n) is 11.9. The molecule has 2 atom stereocenters. The smallest absolute Gasteiger partial charge is 0.243 e. The quantitative estimate of drug-likeness (QED) is 0.754. The predicted octanol–water partition coefficient (Wildman–Crippen LogP) is 1.79. The molecule has 2 N–H and O–H groups in total. The molecule has 0 aliphatic heterocycles. The summed E-state index contributed by atoms with van der Waals surface area (Å²) in [6.45, 7) is 2.33. The van der Waals surface area contributed by atoms with Crippen molar-refractivity contribution < 1.29 is 9.59 Å². The molecule has 112 valence electrons. The van der Waals surface area contributed by atoms with Crippen molar-refractivity contribution in [3.8, 4) is 0 Å². The molecular formula is C15H19N3O2S. The summed E-state index contributed by atoms with van der Waals surface area (Å²) in [4.78, 5) is 27.2. The fourth-order valence-electron chi connectivity index (χ4n) is 2.30. The van der Waals surface area contributed by atoms with E-state index in [4.69, 9.17) is 0 Å². The van der Waals surface area contributed by atoms with Gasteiger partial charge in [-0.25, -0.2) is 4.98 Å². The Bertz CT molecular complexity index is 537. The lowest BCUT2D eigenvalue weighted by molar-refractivity contribution is -0.126. The molecule has 0 saturated carbocycles. The molecule has 6 heteroatoms. The number of allylic oxidation sites excluding steroid dienone is 3. The van der Waals surface area contributed by atoms with Crippen molar-refractivity contribution in [2.75, 3.05) is 0 Å². The first kappa shape index (κ1) is 15.4. The van der Waals surface area contributed by atoms with Crippen LogP contribution in [0.1, 0.15) is 24.8 Å². The third-order valence-corrected chi connectivity index (χ3v) is 4.26. The summed E-state index contributed by atoms with van der Waals surface area (Å²) in [5, 5.41) is 8.16. The highest BCUT2D eigenvalue weighted by molar-refractivity contribution is 7.09. The number of nitrogens with zero attached hydrogens (tertiary/aromatic N) is 1. The highest BCUT2D eigenvalue weighted by atomic mass is 32.1. The molecule has 5 nitrogen and oxygen atoms in total. The van der Waals surface area contributed by atoms with Crippen LogP contribution in [-0.2, 0) is 16.1 Å². The first-order valence-electron chi connectivity index (χ1n) is 6.94. The summed E-state index contributed by atoms with van der Waals surface area (Å²) >= 11 is 1.49. The Balaban J connectivity index is 1.99. The van der Waals surface area contributed by atoms with Gasteiger partial charge < -0.3 is 10.6 Å². The van der Waals surface area contributed by atoms with Gasteiger partial charge in [-0.1, -0.05) is 25.2 Å². The third-order valence-electron chi connectivity index (χ3n) is 3.48. The van der Waals surface area contributed by atoms with Gasteiger partial charge >= 0.3 is 0 Å². The molecule has 0 bridgehead atoms. The topological polar surface area (TPSA) is 71.1 Å². The number of nitrogens with one attached hydrogen (secondary N) is 2. The molecular weight excluding hydrogens is 286 g/mol. The molecule has 1 aromatic rings. The summed E-state index contributed by atoms with van der Waals surface area (Å²) in [6.07, 6.45) is 10.5. The van der Waals surface area contributed by atoms with Crippen LogP contribution in [0.25, 0.3) is 0 Å². The lowest BCUT2D eigenvalue weighted by Crippen LogP contribution is -2.47. The second kappa shape index (κ2) is 7.73. The summed E-state index contributed by atoms with van der Waals surface area (Å²) in [7, 11) is 0. The number of carbonyl (C=O) groups is 2. The SMILES string of the molecule is C[C@@H](C1=CCCC=C1)C(NC=O)C(=O)NCc1nccs1. The summed E-state index contributed by atoms with van der Waals surface area (Å²) < 4.78 is 0. The van der Waals surface area contributed by atoms with Gasteiger partial charge in [0, 0.05) is 17.5 Å². The van der Waals surface area contributed by atoms with Crippen LogP contribution in [0.4, 0.5) is 0 Å². The van der Waals surface area contributed by atoms with Gasteiger partial charge in [-0.15, -0.1) is 11.3 Å². The van der Waals surface area contributed by atoms with Gasteiger partial charge in [0.15, 0.2) is 0 Å². The zero-order chi connectivity index (χ0) is 15.1. The number of hydrogen-bond donors (Lipinski definition) is 2. The van der Waals surface area contributed by atoms with E-state index in [-0.39, 0.29) is 11.8 Å². The standard InChI is InChI=1S/C15H19N3O2S/c1-11(12-5-3-2-4-6-12)14(18-10-19)15(20)17-9-13-16-7-8-21-13/h3,5-8,10-11,14H,2,4,9H2,1H3,(H,17,20)(H,18,19)/t11-,14?/m0/s1. The van der Waals surface area contributed by atoms with Crippen LogP contribution < -0.4 is 10.6 Å². The van der Waals surface area contributed by atoms with Crippen LogP contribution in [0.5, 0.6) is 0 Å². The number of hydrogen-bond acceptors (Lipinski definition) is 4. The van der Waals surface area contributed by atoms with E-state index in [0.29, 0.717) is 13.0 Å².